The summed E-state index contributed by atoms with van der Waals surface area (Å²) in [5, 5.41) is 1.54. The van der Waals surface area contributed by atoms with Gasteiger partial charge in [0.15, 0.2) is 0 Å². The summed E-state index contributed by atoms with van der Waals surface area (Å²) in [6.07, 6.45) is 4.42. The van der Waals surface area contributed by atoms with Crippen LogP contribution < -0.4 is 4.72 Å². The van der Waals surface area contributed by atoms with Crippen molar-refractivity contribution < 1.29 is 8.42 Å². The lowest BCUT2D eigenvalue weighted by molar-refractivity contribution is 0.601. The Balaban J connectivity index is 1.78. The van der Waals surface area contributed by atoms with Gasteiger partial charge in [0.05, 0.1) is 10.6 Å². The summed E-state index contributed by atoms with van der Waals surface area (Å²) in [7, 11) is -1.60. The maximum atomic E-state index is 12.8. The zero-order valence-corrected chi connectivity index (χ0v) is 15.5. The van der Waals surface area contributed by atoms with Crippen LogP contribution in [0.1, 0.15) is 24.1 Å². The molecule has 130 valence electrons. The van der Waals surface area contributed by atoms with Crippen LogP contribution in [0.25, 0.3) is 10.9 Å². The number of fused-ring (bicyclic) bond motifs is 3. The number of hydrogen-bond acceptors (Lipinski definition) is 2. The van der Waals surface area contributed by atoms with Gasteiger partial charge in [-0.2, -0.15) is 0 Å². The Kier molecular flexibility index (Phi) is 4.01. The van der Waals surface area contributed by atoms with Gasteiger partial charge in [-0.1, -0.05) is 17.7 Å². The van der Waals surface area contributed by atoms with Gasteiger partial charge in [-0.25, -0.2) is 8.42 Å². The molecule has 1 N–H and O–H groups in total. The molecule has 0 fully saturated rings. The minimum absolute atomic E-state index is 0.277. The number of hydrogen-bond donors (Lipinski definition) is 1. The average molecular weight is 375 g/mol. The largest absolute Gasteiger partial charge is 0.347 e. The fourth-order valence-electron chi connectivity index (χ4n) is 3.68. The van der Waals surface area contributed by atoms with Crippen molar-refractivity contribution >= 4 is 38.2 Å². The van der Waals surface area contributed by atoms with E-state index in [-0.39, 0.29) is 4.90 Å². The molecule has 0 spiro atoms. The molecular weight excluding hydrogens is 356 g/mol. The van der Waals surface area contributed by atoms with Gasteiger partial charge in [-0.05, 0) is 67.6 Å². The van der Waals surface area contributed by atoms with Crippen LogP contribution in [0.4, 0.5) is 5.69 Å². The molecule has 25 heavy (non-hydrogen) atoms. The van der Waals surface area contributed by atoms with Crippen LogP contribution in [0, 0.1) is 0 Å². The van der Waals surface area contributed by atoms with Crippen molar-refractivity contribution in [1.29, 1.82) is 0 Å². The van der Waals surface area contributed by atoms with E-state index in [9.17, 15) is 8.42 Å². The maximum Gasteiger partial charge on any atom is 0.261 e. The van der Waals surface area contributed by atoms with E-state index in [2.05, 4.69) is 16.3 Å². The molecule has 0 unspecified atom stereocenters. The maximum absolute atomic E-state index is 12.8. The molecule has 1 aromatic heterocycles. The smallest absolute Gasteiger partial charge is 0.261 e. The fraction of sp³-hybridized carbons (Fsp3) is 0.263. The van der Waals surface area contributed by atoms with Crippen molar-refractivity contribution in [2.75, 3.05) is 4.72 Å². The number of sulfonamides is 1. The van der Waals surface area contributed by atoms with Crippen LogP contribution in [0.2, 0.25) is 5.02 Å². The lowest BCUT2D eigenvalue weighted by Gasteiger charge is -2.13. The number of anilines is 1. The molecule has 0 saturated carbocycles. The number of nitrogens with one attached hydrogen (secondary N) is 1. The normalized spacial score (nSPS) is 14.5. The number of aromatic nitrogens is 1. The van der Waals surface area contributed by atoms with E-state index in [1.807, 2.05) is 6.07 Å². The van der Waals surface area contributed by atoms with Crippen molar-refractivity contribution in [1.82, 2.24) is 4.57 Å². The summed E-state index contributed by atoms with van der Waals surface area (Å²) in [6.45, 7) is 0. The second-order valence-electron chi connectivity index (χ2n) is 6.49. The highest BCUT2D eigenvalue weighted by atomic mass is 35.5. The van der Waals surface area contributed by atoms with Gasteiger partial charge in [0.2, 0.25) is 0 Å². The second-order valence-corrected chi connectivity index (χ2v) is 8.61. The summed E-state index contributed by atoms with van der Waals surface area (Å²) in [5.74, 6) is 0. The van der Waals surface area contributed by atoms with E-state index in [4.69, 9.17) is 11.6 Å². The molecular formula is C19H19ClN2O2S. The Morgan fingerprint density at radius 2 is 1.88 bits per heavy atom. The molecule has 4 rings (SSSR count). The second kappa shape index (κ2) is 6.07. The molecule has 1 heterocycles. The lowest BCUT2D eigenvalue weighted by Crippen LogP contribution is -2.12. The highest BCUT2D eigenvalue weighted by Crippen LogP contribution is 2.33. The van der Waals surface area contributed by atoms with Crippen molar-refractivity contribution in [2.45, 2.75) is 30.6 Å². The van der Waals surface area contributed by atoms with Gasteiger partial charge in [-0.15, -0.1) is 0 Å². The number of halogens is 1. The van der Waals surface area contributed by atoms with Crippen molar-refractivity contribution in [2.24, 2.45) is 7.05 Å². The highest BCUT2D eigenvalue weighted by Gasteiger charge is 2.21. The highest BCUT2D eigenvalue weighted by molar-refractivity contribution is 7.92. The predicted octanol–water partition coefficient (Wildman–Crippen LogP) is 4.51. The Morgan fingerprint density at radius 1 is 1.08 bits per heavy atom. The molecule has 0 radical (unpaired) electrons. The number of aryl methyl sites for hydroxylation is 2. The van der Waals surface area contributed by atoms with Gasteiger partial charge in [-0.3, -0.25) is 4.72 Å². The zero-order valence-electron chi connectivity index (χ0n) is 13.9. The van der Waals surface area contributed by atoms with Crippen LogP contribution >= 0.6 is 11.6 Å². The topological polar surface area (TPSA) is 51.1 Å². The summed E-state index contributed by atoms with van der Waals surface area (Å²) in [5.41, 5.74) is 4.18. The minimum Gasteiger partial charge on any atom is -0.347 e. The summed E-state index contributed by atoms with van der Waals surface area (Å²) in [4.78, 5) is 0.277. The Bertz CT molecular complexity index is 1070. The van der Waals surface area contributed by atoms with Crippen LogP contribution in [0.15, 0.2) is 47.4 Å². The van der Waals surface area contributed by atoms with E-state index in [0.29, 0.717) is 10.7 Å². The molecule has 6 heteroatoms. The number of benzene rings is 2. The molecule has 0 bridgehead atoms. The Labute approximate surface area is 152 Å². The quantitative estimate of drug-likeness (QED) is 0.733. The molecule has 0 amide bonds. The summed E-state index contributed by atoms with van der Waals surface area (Å²) >= 11 is 5.94. The first-order valence-corrected chi connectivity index (χ1v) is 10.2. The molecule has 0 saturated heterocycles. The van der Waals surface area contributed by atoms with Crippen LogP contribution in [-0.2, 0) is 29.9 Å². The molecule has 0 aliphatic heterocycles. The molecule has 4 nitrogen and oxygen atoms in total. The fourth-order valence-corrected chi connectivity index (χ4v) is 4.94. The molecule has 3 aromatic rings. The van der Waals surface area contributed by atoms with Crippen molar-refractivity contribution in [3.63, 3.8) is 0 Å². The number of rotatable bonds is 3. The number of nitrogens with zero attached hydrogens (tertiary/aromatic N) is 1. The van der Waals surface area contributed by atoms with E-state index in [1.165, 1.54) is 17.7 Å². The Hall–Kier alpha value is -1.98. The summed E-state index contributed by atoms with van der Waals surface area (Å²) < 4.78 is 30.3. The van der Waals surface area contributed by atoms with E-state index < -0.39 is 10.0 Å². The van der Waals surface area contributed by atoms with Gasteiger partial charge in [0.1, 0.15) is 0 Å². The third-order valence-electron chi connectivity index (χ3n) is 4.89. The molecule has 1 aliphatic rings. The van der Waals surface area contributed by atoms with Gasteiger partial charge < -0.3 is 4.57 Å². The van der Waals surface area contributed by atoms with Crippen molar-refractivity contribution in [3.8, 4) is 0 Å². The van der Waals surface area contributed by atoms with E-state index in [0.717, 1.165) is 30.2 Å². The molecule has 0 atom stereocenters. The first kappa shape index (κ1) is 16.5. The standard InChI is InChI=1S/C19H19ClN2O2S/c1-22-18-8-3-2-7-16(18)17-12-15(9-10-19(17)22)25(23,24)21-14-6-4-5-13(20)11-14/h4-6,9-12,21H,2-3,7-8H2,1H3. The van der Waals surface area contributed by atoms with E-state index in [1.54, 1.807) is 36.4 Å². The summed E-state index contributed by atoms with van der Waals surface area (Å²) in [6, 6.07) is 12.1. The van der Waals surface area contributed by atoms with Crippen LogP contribution in [-0.4, -0.2) is 13.0 Å². The van der Waals surface area contributed by atoms with Crippen LogP contribution in [0.3, 0.4) is 0 Å². The Morgan fingerprint density at radius 3 is 2.68 bits per heavy atom. The molecule has 1 aliphatic carbocycles. The monoisotopic (exact) mass is 374 g/mol. The lowest BCUT2D eigenvalue weighted by atomic mass is 9.96. The third-order valence-corrected chi connectivity index (χ3v) is 6.50. The van der Waals surface area contributed by atoms with Gasteiger partial charge in [0, 0.05) is 28.7 Å². The van der Waals surface area contributed by atoms with Crippen LogP contribution in [0.5, 0.6) is 0 Å². The first-order chi connectivity index (χ1) is 12.0. The average Bonchev–Trinajstić information content (AvgIpc) is 2.87. The van der Waals surface area contributed by atoms with Crippen molar-refractivity contribution in [3.05, 3.63) is 58.7 Å². The zero-order chi connectivity index (χ0) is 17.6. The third kappa shape index (κ3) is 2.92. The predicted molar refractivity (Wildman–Crippen MR) is 102 cm³/mol. The molecule has 2 aromatic carbocycles. The van der Waals surface area contributed by atoms with Gasteiger partial charge >= 0.3 is 0 Å². The van der Waals surface area contributed by atoms with Gasteiger partial charge in [0.25, 0.3) is 10.0 Å². The first-order valence-electron chi connectivity index (χ1n) is 8.34. The minimum atomic E-state index is -3.66. The van der Waals surface area contributed by atoms with E-state index >= 15 is 0 Å². The SMILES string of the molecule is Cn1c2c(c3cc(S(=O)(=O)Nc4cccc(Cl)c4)ccc31)CCCC2.